The van der Waals surface area contributed by atoms with Crippen LogP contribution >= 0.6 is 23.2 Å². The van der Waals surface area contributed by atoms with Crippen molar-refractivity contribution in [2.45, 2.75) is 6.10 Å². The molecular weight excluding hydrogens is 263 g/mol. The van der Waals surface area contributed by atoms with E-state index >= 15 is 0 Å². The molecule has 17 heavy (non-hydrogen) atoms. The van der Waals surface area contributed by atoms with E-state index < -0.39 is 0 Å². The minimum atomic E-state index is -0.201. The van der Waals surface area contributed by atoms with Gasteiger partial charge in [0.2, 0.25) is 0 Å². The summed E-state index contributed by atoms with van der Waals surface area (Å²) in [5, 5.41) is 10.1. The van der Waals surface area contributed by atoms with Crippen molar-refractivity contribution >= 4 is 34.6 Å². The summed E-state index contributed by atoms with van der Waals surface area (Å²) in [5.41, 5.74) is 6.95. The third-order valence-corrected chi connectivity index (χ3v) is 3.27. The highest BCUT2D eigenvalue weighted by Gasteiger charge is 2.23. The Bertz CT molecular complexity index is 391. The second-order valence-electron chi connectivity index (χ2n) is 3.95. The zero-order valence-electron chi connectivity index (χ0n) is 9.20. The van der Waals surface area contributed by atoms with Gasteiger partial charge in [0.1, 0.15) is 0 Å². The number of aliphatic hydroxyl groups excluding tert-OH is 1. The molecule has 3 N–H and O–H groups in total. The van der Waals surface area contributed by atoms with Crippen LogP contribution in [0.25, 0.3) is 0 Å². The Morgan fingerprint density at radius 2 is 2.06 bits per heavy atom. The fourth-order valence-electron chi connectivity index (χ4n) is 1.92. The average Bonchev–Trinajstić information content (AvgIpc) is 2.28. The van der Waals surface area contributed by atoms with Crippen LogP contribution in [0.5, 0.6) is 0 Å². The number of nitrogens with zero attached hydrogens (tertiary/aromatic N) is 1. The molecule has 1 fully saturated rings. The molecule has 1 aliphatic rings. The molecule has 0 spiro atoms. The maximum absolute atomic E-state index is 9.10. The number of hydrogen-bond donors (Lipinski definition) is 2. The van der Waals surface area contributed by atoms with Gasteiger partial charge in [-0.2, -0.15) is 0 Å². The van der Waals surface area contributed by atoms with Crippen LogP contribution in [0.15, 0.2) is 12.1 Å². The van der Waals surface area contributed by atoms with Crippen LogP contribution < -0.4 is 10.6 Å². The van der Waals surface area contributed by atoms with Crippen LogP contribution in [0.1, 0.15) is 0 Å². The monoisotopic (exact) mass is 276 g/mol. The van der Waals surface area contributed by atoms with Gasteiger partial charge in [0.05, 0.1) is 35.1 Å². The van der Waals surface area contributed by atoms with E-state index in [1.807, 2.05) is 4.90 Å². The highest BCUT2D eigenvalue weighted by molar-refractivity contribution is 6.39. The fourth-order valence-corrected chi connectivity index (χ4v) is 2.66. The van der Waals surface area contributed by atoms with Crippen LogP contribution in [-0.4, -0.2) is 37.5 Å². The largest absolute Gasteiger partial charge is 0.399 e. The molecule has 1 heterocycles. The minimum absolute atomic E-state index is 0.0132. The maximum atomic E-state index is 9.10. The highest BCUT2D eigenvalue weighted by Crippen LogP contribution is 2.36. The Morgan fingerprint density at radius 1 is 1.41 bits per heavy atom. The Labute approximate surface area is 110 Å². The second kappa shape index (κ2) is 5.31. The van der Waals surface area contributed by atoms with Crippen LogP contribution in [0.3, 0.4) is 0 Å². The third kappa shape index (κ3) is 2.77. The van der Waals surface area contributed by atoms with Gasteiger partial charge in [-0.3, -0.25) is 0 Å². The Hall–Kier alpha value is -0.680. The van der Waals surface area contributed by atoms with Gasteiger partial charge in [0, 0.05) is 18.8 Å². The van der Waals surface area contributed by atoms with E-state index in [2.05, 4.69) is 0 Å². The van der Waals surface area contributed by atoms with Crippen molar-refractivity contribution in [2.75, 3.05) is 36.9 Å². The smallest absolute Gasteiger partial charge is 0.0980 e. The van der Waals surface area contributed by atoms with E-state index in [1.165, 1.54) is 0 Å². The predicted octanol–water partition coefficient (Wildman–Crippen LogP) is 1.77. The number of anilines is 2. The summed E-state index contributed by atoms with van der Waals surface area (Å²) in [6, 6.07) is 3.35. The van der Waals surface area contributed by atoms with Crippen molar-refractivity contribution < 1.29 is 9.84 Å². The maximum Gasteiger partial charge on any atom is 0.0980 e. The molecule has 6 heteroatoms. The van der Waals surface area contributed by atoms with E-state index in [1.54, 1.807) is 12.1 Å². The molecule has 1 unspecified atom stereocenters. The molecule has 0 radical (unpaired) electrons. The first kappa shape index (κ1) is 12.8. The molecule has 4 nitrogen and oxygen atoms in total. The number of aliphatic hydroxyl groups is 1. The zero-order chi connectivity index (χ0) is 12.4. The Morgan fingerprint density at radius 3 is 2.65 bits per heavy atom. The van der Waals surface area contributed by atoms with Gasteiger partial charge in [-0.1, -0.05) is 23.2 Å². The summed E-state index contributed by atoms with van der Waals surface area (Å²) < 4.78 is 5.38. The Balaban J connectivity index is 2.27. The summed E-state index contributed by atoms with van der Waals surface area (Å²) in [7, 11) is 0. The van der Waals surface area contributed by atoms with Crippen LogP contribution in [0.2, 0.25) is 10.0 Å². The molecule has 0 aliphatic carbocycles. The third-order valence-electron chi connectivity index (χ3n) is 2.70. The lowest BCUT2D eigenvalue weighted by atomic mass is 10.2. The zero-order valence-corrected chi connectivity index (χ0v) is 10.7. The lowest BCUT2D eigenvalue weighted by Gasteiger charge is -2.34. The summed E-state index contributed by atoms with van der Waals surface area (Å²) in [6.07, 6.45) is -0.201. The van der Waals surface area contributed by atoms with E-state index in [4.69, 9.17) is 38.8 Å². The molecule has 2 rings (SSSR count). The summed E-state index contributed by atoms with van der Waals surface area (Å²) in [5.74, 6) is 0. The van der Waals surface area contributed by atoms with E-state index in [0.29, 0.717) is 35.4 Å². The first-order valence-electron chi connectivity index (χ1n) is 5.33. The Kier molecular flexibility index (Phi) is 3.99. The standard InChI is InChI=1S/C11H14Cl2N2O2/c12-9-3-7(14)4-10(13)11(9)15-1-2-17-8(5-15)6-16/h3-4,8,16H,1-2,5-6,14H2. The van der Waals surface area contributed by atoms with Gasteiger partial charge in [-0.05, 0) is 12.1 Å². The van der Waals surface area contributed by atoms with E-state index in [-0.39, 0.29) is 12.7 Å². The molecule has 0 amide bonds. The number of hydrogen-bond acceptors (Lipinski definition) is 4. The molecule has 94 valence electrons. The van der Waals surface area contributed by atoms with E-state index in [0.717, 1.165) is 5.69 Å². The molecule has 0 bridgehead atoms. The summed E-state index contributed by atoms with van der Waals surface area (Å²) in [4.78, 5) is 2.01. The average molecular weight is 277 g/mol. The first-order valence-corrected chi connectivity index (χ1v) is 6.09. The number of nitrogen functional groups attached to an aromatic ring is 1. The number of nitrogens with two attached hydrogens (primary N) is 1. The lowest BCUT2D eigenvalue weighted by Crippen LogP contribution is -2.44. The molecule has 1 aliphatic heterocycles. The molecule has 1 atom stereocenters. The molecule has 1 aromatic carbocycles. The summed E-state index contributed by atoms with van der Waals surface area (Å²) >= 11 is 12.3. The van der Waals surface area contributed by atoms with Crippen LogP contribution in [0, 0.1) is 0 Å². The normalized spacial score (nSPS) is 20.6. The van der Waals surface area contributed by atoms with Crippen molar-refractivity contribution in [1.82, 2.24) is 0 Å². The number of ether oxygens (including phenoxy) is 1. The quantitative estimate of drug-likeness (QED) is 0.809. The number of rotatable bonds is 2. The van der Waals surface area contributed by atoms with Gasteiger partial charge < -0.3 is 20.5 Å². The highest BCUT2D eigenvalue weighted by atomic mass is 35.5. The fraction of sp³-hybridized carbons (Fsp3) is 0.455. The molecular formula is C11H14Cl2N2O2. The summed E-state index contributed by atoms with van der Waals surface area (Å²) in [6.45, 7) is 1.79. The van der Waals surface area contributed by atoms with Crippen molar-refractivity contribution in [1.29, 1.82) is 0 Å². The molecule has 0 aromatic heterocycles. The molecule has 1 saturated heterocycles. The van der Waals surface area contributed by atoms with Crippen molar-refractivity contribution in [2.24, 2.45) is 0 Å². The first-order chi connectivity index (χ1) is 8.11. The molecule has 0 saturated carbocycles. The molecule has 1 aromatic rings. The van der Waals surface area contributed by atoms with Crippen molar-refractivity contribution in [3.8, 4) is 0 Å². The number of halogens is 2. The van der Waals surface area contributed by atoms with Gasteiger partial charge in [-0.15, -0.1) is 0 Å². The van der Waals surface area contributed by atoms with Gasteiger partial charge >= 0.3 is 0 Å². The van der Waals surface area contributed by atoms with Crippen LogP contribution in [-0.2, 0) is 4.74 Å². The van der Waals surface area contributed by atoms with Crippen molar-refractivity contribution in [3.05, 3.63) is 22.2 Å². The number of morpholine rings is 1. The minimum Gasteiger partial charge on any atom is -0.399 e. The van der Waals surface area contributed by atoms with E-state index in [9.17, 15) is 0 Å². The van der Waals surface area contributed by atoms with Gasteiger partial charge in [0.15, 0.2) is 0 Å². The van der Waals surface area contributed by atoms with Crippen LogP contribution in [0.4, 0.5) is 11.4 Å². The lowest BCUT2D eigenvalue weighted by molar-refractivity contribution is 0.00358. The SMILES string of the molecule is Nc1cc(Cl)c(N2CCOC(CO)C2)c(Cl)c1. The van der Waals surface area contributed by atoms with Gasteiger partial charge in [-0.25, -0.2) is 0 Å². The second-order valence-corrected chi connectivity index (χ2v) is 4.77. The topological polar surface area (TPSA) is 58.7 Å². The van der Waals surface area contributed by atoms with Gasteiger partial charge in [0.25, 0.3) is 0 Å². The number of benzene rings is 1. The van der Waals surface area contributed by atoms with Crippen molar-refractivity contribution in [3.63, 3.8) is 0 Å². The predicted molar refractivity (Wildman–Crippen MR) is 69.9 cm³/mol.